The number of nitrogens with zero attached hydrogens (tertiary/aromatic N) is 1. The van der Waals surface area contributed by atoms with E-state index in [0.717, 1.165) is 17.9 Å². The molecule has 0 atom stereocenters. The van der Waals surface area contributed by atoms with Gasteiger partial charge < -0.3 is 0 Å². The van der Waals surface area contributed by atoms with Gasteiger partial charge in [-0.25, -0.2) is 0 Å². The van der Waals surface area contributed by atoms with Crippen LogP contribution in [0.15, 0.2) is 24.5 Å². The van der Waals surface area contributed by atoms with Crippen LogP contribution in [0.4, 0.5) is 0 Å². The molecule has 0 bridgehead atoms. The molecular weight excluding hydrogens is 198 g/mol. The maximum absolute atomic E-state index is 11.8. The predicted octanol–water partition coefficient (Wildman–Crippen LogP) is 3.62. The first-order chi connectivity index (χ1) is 7.86. The molecule has 0 amide bonds. The quantitative estimate of drug-likeness (QED) is 0.721. The number of aromatic nitrogens is 1. The lowest BCUT2D eigenvalue weighted by Crippen LogP contribution is -2.09. The fourth-order valence-corrected chi connectivity index (χ4v) is 2.48. The monoisotopic (exact) mass is 217 g/mol. The van der Waals surface area contributed by atoms with Crippen LogP contribution in [0.5, 0.6) is 0 Å². The molecule has 0 N–H and O–H groups in total. The standard InChI is InChI=1S/C14H19NO/c16-14(13-7-4-10-15-11-13)9-8-12-5-2-1-3-6-12/h4,7,10-12H,1-3,5-6,8-9H2. The van der Waals surface area contributed by atoms with Crippen molar-refractivity contribution >= 4 is 5.78 Å². The van der Waals surface area contributed by atoms with Gasteiger partial charge in [-0.1, -0.05) is 32.1 Å². The zero-order valence-electron chi connectivity index (χ0n) is 9.69. The van der Waals surface area contributed by atoms with Crippen LogP contribution < -0.4 is 0 Å². The van der Waals surface area contributed by atoms with Crippen LogP contribution in [0.1, 0.15) is 55.3 Å². The van der Waals surface area contributed by atoms with E-state index >= 15 is 0 Å². The molecule has 86 valence electrons. The number of hydrogen-bond acceptors (Lipinski definition) is 2. The Labute approximate surface area is 97.1 Å². The van der Waals surface area contributed by atoms with Crippen LogP contribution in [-0.2, 0) is 0 Å². The van der Waals surface area contributed by atoms with Gasteiger partial charge in [-0.2, -0.15) is 0 Å². The van der Waals surface area contributed by atoms with E-state index in [9.17, 15) is 4.79 Å². The van der Waals surface area contributed by atoms with Gasteiger partial charge in [0.2, 0.25) is 0 Å². The van der Waals surface area contributed by atoms with Crippen molar-refractivity contribution in [2.75, 3.05) is 0 Å². The maximum atomic E-state index is 11.8. The highest BCUT2D eigenvalue weighted by Gasteiger charge is 2.15. The molecule has 2 nitrogen and oxygen atoms in total. The number of carbonyl (C=O) groups excluding carboxylic acids is 1. The highest BCUT2D eigenvalue weighted by molar-refractivity contribution is 5.95. The summed E-state index contributed by atoms with van der Waals surface area (Å²) in [7, 11) is 0. The zero-order valence-corrected chi connectivity index (χ0v) is 9.69. The first-order valence-electron chi connectivity index (χ1n) is 6.29. The smallest absolute Gasteiger partial charge is 0.164 e. The summed E-state index contributed by atoms with van der Waals surface area (Å²) in [5, 5.41) is 0. The molecule has 0 aliphatic heterocycles. The van der Waals surface area contributed by atoms with Gasteiger partial charge >= 0.3 is 0 Å². The van der Waals surface area contributed by atoms with Crippen LogP contribution in [0.25, 0.3) is 0 Å². The van der Waals surface area contributed by atoms with Gasteiger partial charge in [-0.15, -0.1) is 0 Å². The average molecular weight is 217 g/mol. The Hall–Kier alpha value is -1.18. The Morgan fingerprint density at radius 1 is 1.31 bits per heavy atom. The Kier molecular flexibility index (Phi) is 4.09. The molecule has 1 aromatic heterocycles. The fraction of sp³-hybridized carbons (Fsp3) is 0.571. The molecular formula is C14H19NO. The number of pyridine rings is 1. The Bertz CT molecular complexity index is 328. The van der Waals surface area contributed by atoms with E-state index in [4.69, 9.17) is 0 Å². The minimum atomic E-state index is 0.249. The van der Waals surface area contributed by atoms with Gasteiger partial charge in [0.1, 0.15) is 0 Å². The van der Waals surface area contributed by atoms with E-state index in [1.807, 2.05) is 12.1 Å². The second kappa shape index (κ2) is 5.78. The molecule has 1 aliphatic carbocycles. The van der Waals surface area contributed by atoms with Crippen LogP contribution in [-0.4, -0.2) is 10.8 Å². The SMILES string of the molecule is O=C(CCC1CCCCC1)c1cccnc1. The second-order valence-electron chi connectivity index (χ2n) is 4.71. The van der Waals surface area contributed by atoms with Crippen LogP contribution in [0.3, 0.4) is 0 Å². The van der Waals surface area contributed by atoms with Crippen molar-refractivity contribution in [2.45, 2.75) is 44.9 Å². The maximum Gasteiger partial charge on any atom is 0.164 e. The van der Waals surface area contributed by atoms with Crippen molar-refractivity contribution in [3.63, 3.8) is 0 Å². The number of rotatable bonds is 4. The van der Waals surface area contributed by atoms with Gasteiger partial charge in [-0.05, 0) is 24.5 Å². The highest BCUT2D eigenvalue weighted by atomic mass is 16.1. The number of hydrogen-bond donors (Lipinski definition) is 0. The van der Waals surface area contributed by atoms with E-state index in [1.165, 1.54) is 32.1 Å². The number of Topliss-reactive ketones (excluding diaryl/α,β-unsaturated/α-hetero) is 1. The topological polar surface area (TPSA) is 30.0 Å². The predicted molar refractivity (Wildman–Crippen MR) is 64.4 cm³/mol. The van der Waals surface area contributed by atoms with Crippen LogP contribution >= 0.6 is 0 Å². The summed E-state index contributed by atoms with van der Waals surface area (Å²) in [4.78, 5) is 15.8. The lowest BCUT2D eigenvalue weighted by Gasteiger charge is -2.20. The zero-order chi connectivity index (χ0) is 11.2. The van der Waals surface area contributed by atoms with Gasteiger partial charge in [-0.3, -0.25) is 9.78 Å². The Balaban J connectivity index is 1.79. The van der Waals surface area contributed by atoms with E-state index in [0.29, 0.717) is 6.42 Å². The summed E-state index contributed by atoms with van der Waals surface area (Å²) in [6.45, 7) is 0. The molecule has 0 aromatic carbocycles. The highest BCUT2D eigenvalue weighted by Crippen LogP contribution is 2.27. The van der Waals surface area contributed by atoms with Gasteiger partial charge in [0.05, 0.1) is 0 Å². The lowest BCUT2D eigenvalue weighted by molar-refractivity contribution is 0.0970. The van der Waals surface area contributed by atoms with Crippen molar-refractivity contribution in [3.8, 4) is 0 Å². The molecule has 1 aromatic rings. The van der Waals surface area contributed by atoms with Crippen molar-refractivity contribution in [2.24, 2.45) is 5.92 Å². The van der Waals surface area contributed by atoms with Gasteiger partial charge in [0.15, 0.2) is 5.78 Å². The minimum absolute atomic E-state index is 0.249. The number of carbonyl (C=O) groups is 1. The van der Waals surface area contributed by atoms with Crippen molar-refractivity contribution in [1.82, 2.24) is 4.98 Å². The normalized spacial score (nSPS) is 17.2. The lowest BCUT2D eigenvalue weighted by atomic mass is 9.85. The van der Waals surface area contributed by atoms with Gasteiger partial charge in [0.25, 0.3) is 0 Å². The number of ketones is 1. The molecule has 1 heterocycles. The van der Waals surface area contributed by atoms with E-state index in [2.05, 4.69) is 4.98 Å². The van der Waals surface area contributed by atoms with Crippen LogP contribution in [0, 0.1) is 5.92 Å². The summed E-state index contributed by atoms with van der Waals surface area (Å²) in [6.07, 6.45) is 11.9. The van der Waals surface area contributed by atoms with Gasteiger partial charge in [0, 0.05) is 24.4 Å². The third kappa shape index (κ3) is 3.16. The van der Waals surface area contributed by atoms with E-state index in [1.54, 1.807) is 12.4 Å². The molecule has 0 spiro atoms. The third-order valence-corrected chi connectivity index (χ3v) is 3.49. The average Bonchev–Trinajstić information content (AvgIpc) is 2.38. The van der Waals surface area contributed by atoms with E-state index in [-0.39, 0.29) is 5.78 Å². The molecule has 1 fully saturated rings. The third-order valence-electron chi connectivity index (χ3n) is 3.49. The summed E-state index contributed by atoms with van der Waals surface area (Å²) in [5.74, 6) is 1.04. The second-order valence-corrected chi connectivity index (χ2v) is 4.71. The molecule has 0 radical (unpaired) electrons. The summed E-state index contributed by atoms with van der Waals surface area (Å²) in [5.41, 5.74) is 0.762. The molecule has 1 saturated carbocycles. The summed E-state index contributed by atoms with van der Waals surface area (Å²) >= 11 is 0. The molecule has 0 saturated heterocycles. The van der Waals surface area contributed by atoms with E-state index < -0.39 is 0 Å². The molecule has 2 rings (SSSR count). The summed E-state index contributed by atoms with van der Waals surface area (Å²) in [6, 6.07) is 3.68. The minimum Gasteiger partial charge on any atom is -0.294 e. The fourth-order valence-electron chi connectivity index (χ4n) is 2.48. The van der Waals surface area contributed by atoms with Crippen molar-refractivity contribution < 1.29 is 4.79 Å². The Morgan fingerprint density at radius 2 is 2.12 bits per heavy atom. The first-order valence-corrected chi connectivity index (χ1v) is 6.29. The van der Waals surface area contributed by atoms with Crippen molar-refractivity contribution in [3.05, 3.63) is 30.1 Å². The van der Waals surface area contributed by atoms with Crippen molar-refractivity contribution in [1.29, 1.82) is 0 Å². The molecule has 2 heteroatoms. The molecule has 1 aliphatic rings. The first kappa shape index (κ1) is 11.3. The Morgan fingerprint density at radius 3 is 2.81 bits per heavy atom. The summed E-state index contributed by atoms with van der Waals surface area (Å²) < 4.78 is 0. The molecule has 0 unspecified atom stereocenters. The van der Waals surface area contributed by atoms with Crippen LogP contribution in [0.2, 0.25) is 0 Å². The molecule has 16 heavy (non-hydrogen) atoms. The largest absolute Gasteiger partial charge is 0.294 e.